The summed E-state index contributed by atoms with van der Waals surface area (Å²) in [6.45, 7) is 3.27. The van der Waals surface area contributed by atoms with E-state index in [1.165, 1.54) is 20.2 Å². The average molecular weight is 255 g/mol. The minimum atomic E-state index is -1.28. The molecule has 1 heterocycles. The van der Waals surface area contributed by atoms with E-state index < -0.39 is 17.5 Å². The molecule has 0 bridgehead atoms. The topological polar surface area (TPSA) is 120 Å². The lowest BCUT2D eigenvalue weighted by Crippen LogP contribution is -2.53. The molecule has 2 amide bonds. The number of nitrogens with zero attached hydrogens (tertiary/aromatic N) is 2. The van der Waals surface area contributed by atoms with Crippen LogP contribution in [0.5, 0.6) is 0 Å². The first-order valence-corrected chi connectivity index (χ1v) is 5.55. The van der Waals surface area contributed by atoms with Crippen molar-refractivity contribution in [3.8, 4) is 0 Å². The molecule has 1 aromatic heterocycles. The Kier molecular flexibility index (Phi) is 4.64. The number of carboxylic acids is 1. The van der Waals surface area contributed by atoms with Gasteiger partial charge < -0.3 is 15.7 Å². The number of aromatic nitrogens is 3. The molecule has 0 spiro atoms. The number of hydrogen-bond donors (Lipinski definition) is 4. The second-order valence-corrected chi connectivity index (χ2v) is 4.35. The normalized spacial score (nSPS) is 11.0. The van der Waals surface area contributed by atoms with Gasteiger partial charge in [-0.25, -0.2) is 14.6 Å². The van der Waals surface area contributed by atoms with E-state index in [9.17, 15) is 9.59 Å². The lowest BCUT2D eigenvalue weighted by atomic mass is 10.1. The van der Waals surface area contributed by atoms with Gasteiger partial charge in [-0.2, -0.15) is 5.10 Å². The lowest BCUT2D eigenvalue weighted by molar-refractivity contribution is -0.142. The van der Waals surface area contributed by atoms with E-state index in [4.69, 9.17) is 5.11 Å². The molecule has 1 rings (SSSR count). The summed E-state index contributed by atoms with van der Waals surface area (Å²) in [6, 6.07) is -0.500. The highest BCUT2D eigenvalue weighted by Crippen LogP contribution is 2.00. The summed E-state index contributed by atoms with van der Waals surface area (Å²) >= 11 is 0. The van der Waals surface area contributed by atoms with E-state index in [1.807, 2.05) is 0 Å². The Morgan fingerprint density at radius 3 is 2.78 bits per heavy atom. The van der Waals surface area contributed by atoms with Gasteiger partial charge in [-0.05, 0) is 20.3 Å². The first-order chi connectivity index (χ1) is 8.42. The van der Waals surface area contributed by atoms with Crippen molar-refractivity contribution in [1.82, 2.24) is 25.8 Å². The third kappa shape index (κ3) is 4.40. The third-order valence-corrected chi connectivity index (χ3v) is 2.30. The highest BCUT2D eigenvalue weighted by molar-refractivity contribution is 5.85. The Balaban J connectivity index is 2.19. The lowest BCUT2D eigenvalue weighted by Gasteiger charge is -2.21. The molecular weight excluding hydrogens is 238 g/mol. The van der Waals surface area contributed by atoms with Gasteiger partial charge in [0, 0.05) is 13.0 Å². The number of aromatic amines is 1. The van der Waals surface area contributed by atoms with Crippen LogP contribution in [0.4, 0.5) is 4.79 Å². The number of aliphatic carboxylic acids is 1. The summed E-state index contributed by atoms with van der Waals surface area (Å²) in [5.74, 6) is -0.331. The fraction of sp³-hybridized carbons (Fsp3) is 0.600. The number of hydrogen-bond acceptors (Lipinski definition) is 4. The number of aryl methyl sites for hydroxylation is 1. The van der Waals surface area contributed by atoms with Crippen molar-refractivity contribution in [2.75, 3.05) is 6.54 Å². The Hall–Kier alpha value is -2.12. The summed E-state index contributed by atoms with van der Waals surface area (Å²) in [5.41, 5.74) is -1.28. The number of carbonyl (C=O) groups excluding carboxylic acids is 1. The maximum atomic E-state index is 11.4. The molecule has 0 aromatic carbocycles. The standard InChI is InChI=1S/C10H17N5O3/c1-10(2,8(16)17)14-9(18)11-5-3-4-7-12-6-13-15-7/h6H,3-5H2,1-2H3,(H,16,17)(H2,11,14,18)(H,12,13,15). The largest absolute Gasteiger partial charge is 0.480 e. The summed E-state index contributed by atoms with van der Waals surface area (Å²) in [6.07, 6.45) is 2.78. The zero-order valence-corrected chi connectivity index (χ0v) is 10.4. The molecular formula is C10H17N5O3. The van der Waals surface area contributed by atoms with Crippen LogP contribution in [0, 0.1) is 0 Å². The molecule has 18 heavy (non-hydrogen) atoms. The minimum Gasteiger partial charge on any atom is -0.480 e. The molecule has 0 atom stereocenters. The molecule has 1 aromatic rings. The van der Waals surface area contributed by atoms with Crippen molar-refractivity contribution >= 4 is 12.0 Å². The van der Waals surface area contributed by atoms with Gasteiger partial charge >= 0.3 is 12.0 Å². The van der Waals surface area contributed by atoms with Crippen molar-refractivity contribution in [2.24, 2.45) is 0 Å². The molecule has 0 fully saturated rings. The van der Waals surface area contributed by atoms with Crippen LogP contribution in [-0.2, 0) is 11.2 Å². The van der Waals surface area contributed by atoms with Crippen LogP contribution in [0.1, 0.15) is 26.1 Å². The molecule has 4 N–H and O–H groups in total. The average Bonchev–Trinajstić information content (AvgIpc) is 2.76. The van der Waals surface area contributed by atoms with Crippen LogP contribution in [0.25, 0.3) is 0 Å². The number of rotatable bonds is 6. The second-order valence-electron chi connectivity index (χ2n) is 4.35. The molecule has 8 nitrogen and oxygen atoms in total. The van der Waals surface area contributed by atoms with E-state index in [0.29, 0.717) is 19.4 Å². The van der Waals surface area contributed by atoms with E-state index in [0.717, 1.165) is 5.82 Å². The van der Waals surface area contributed by atoms with Crippen LogP contribution in [0.3, 0.4) is 0 Å². The number of carboxylic acid groups (broad SMARTS) is 1. The fourth-order valence-electron chi connectivity index (χ4n) is 1.19. The van der Waals surface area contributed by atoms with Crippen LogP contribution in [0.15, 0.2) is 6.33 Å². The Labute approximate surface area is 104 Å². The van der Waals surface area contributed by atoms with Crippen molar-refractivity contribution in [3.05, 3.63) is 12.2 Å². The highest BCUT2D eigenvalue weighted by Gasteiger charge is 2.28. The van der Waals surface area contributed by atoms with Crippen LogP contribution < -0.4 is 10.6 Å². The third-order valence-electron chi connectivity index (χ3n) is 2.30. The number of urea groups is 1. The molecule has 0 saturated carbocycles. The maximum absolute atomic E-state index is 11.4. The first kappa shape index (κ1) is 13.9. The van der Waals surface area contributed by atoms with E-state index in [1.54, 1.807) is 0 Å². The molecule has 0 aliphatic carbocycles. The smallest absolute Gasteiger partial charge is 0.328 e. The second kappa shape index (κ2) is 5.99. The Morgan fingerprint density at radius 1 is 1.50 bits per heavy atom. The molecule has 8 heteroatoms. The highest BCUT2D eigenvalue weighted by atomic mass is 16.4. The Bertz CT molecular complexity index is 402. The number of H-pyrrole nitrogens is 1. The summed E-state index contributed by atoms with van der Waals surface area (Å²) in [4.78, 5) is 26.1. The van der Waals surface area contributed by atoms with Gasteiger partial charge in [0.05, 0.1) is 0 Å². The molecule has 0 unspecified atom stereocenters. The zero-order chi connectivity index (χ0) is 13.6. The quantitative estimate of drug-likeness (QED) is 0.529. The van der Waals surface area contributed by atoms with Crippen molar-refractivity contribution < 1.29 is 14.7 Å². The predicted molar refractivity (Wildman–Crippen MR) is 63.0 cm³/mol. The Morgan fingerprint density at radius 2 is 2.22 bits per heavy atom. The number of nitrogens with one attached hydrogen (secondary N) is 3. The summed E-state index contributed by atoms with van der Waals surface area (Å²) < 4.78 is 0. The molecule has 100 valence electrons. The van der Waals surface area contributed by atoms with Crippen molar-refractivity contribution in [1.29, 1.82) is 0 Å². The van der Waals surface area contributed by atoms with E-state index in [-0.39, 0.29) is 0 Å². The summed E-state index contributed by atoms with van der Waals surface area (Å²) in [7, 11) is 0. The minimum absolute atomic E-state index is 0.433. The zero-order valence-electron chi connectivity index (χ0n) is 10.4. The summed E-state index contributed by atoms with van der Waals surface area (Å²) in [5, 5.41) is 20.2. The first-order valence-electron chi connectivity index (χ1n) is 5.55. The molecule has 0 aliphatic rings. The SMILES string of the molecule is CC(C)(NC(=O)NCCCc1ncn[nH]1)C(=O)O. The van der Waals surface area contributed by atoms with Crippen molar-refractivity contribution in [2.45, 2.75) is 32.2 Å². The van der Waals surface area contributed by atoms with Gasteiger partial charge in [-0.15, -0.1) is 0 Å². The van der Waals surface area contributed by atoms with Crippen LogP contribution in [0.2, 0.25) is 0 Å². The number of amides is 2. The van der Waals surface area contributed by atoms with Gasteiger partial charge in [0.2, 0.25) is 0 Å². The van der Waals surface area contributed by atoms with Gasteiger partial charge in [-0.3, -0.25) is 5.10 Å². The van der Waals surface area contributed by atoms with Gasteiger partial charge in [0.1, 0.15) is 17.7 Å². The van der Waals surface area contributed by atoms with Gasteiger partial charge in [0.15, 0.2) is 0 Å². The predicted octanol–water partition coefficient (Wildman–Crippen LogP) is -0.100. The van der Waals surface area contributed by atoms with Crippen molar-refractivity contribution in [3.63, 3.8) is 0 Å². The molecule has 0 radical (unpaired) electrons. The van der Waals surface area contributed by atoms with Gasteiger partial charge in [-0.1, -0.05) is 0 Å². The monoisotopic (exact) mass is 255 g/mol. The molecule has 0 aliphatic heterocycles. The fourth-order valence-corrected chi connectivity index (χ4v) is 1.19. The van der Waals surface area contributed by atoms with E-state index >= 15 is 0 Å². The van der Waals surface area contributed by atoms with Gasteiger partial charge in [0.25, 0.3) is 0 Å². The molecule has 0 saturated heterocycles. The number of carbonyl (C=O) groups is 2. The van der Waals surface area contributed by atoms with Crippen LogP contribution in [-0.4, -0.2) is 44.4 Å². The van der Waals surface area contributed by atoms with Crippen LogP contribution >= 0.6 is 0 Å². The van der Waals surface area contributed by atoms with E-state index in [2.05, 4.69) is 25.8 Å². The maximum Gasteiger partial charge on any atom is 0.328 e.